The van der Waals surface area contributed by atoms with Gasteiger partial charge < -0.3 is 87.0 Å². The van der Waals surface area contributed by atoms with Crippen LogP contribution in [0.3, 0.4) is 0 Å². The van der Waals surface area contributed by atoms with Crippen LogP contribution in [0.2, 0.25) is 216 Å². The highest BCUT2D eigenvalue weighted by atomic mass is 28.4. The van der Waals surface area contributed by atoms with Crippen molar-refractivity contribution in [1.29, 1.82) is 0 Å². The maximum atomic E-state index is 11.6. The second-order valence-corrected chi connectivity index (χ2v) is 97.1. The van der Waals surface area contributed by atoms with E-state index in [4.69, 9.17) is 81.8 Å². The van der Waals surface area contributed by atoms with Crippen LogP contribution >= 0.6 is 0 Å². The predicted octanol–water partition coefficient (Wildman–Crippen LogP) is 19.2. The predicted molar refractivity (Wildman–Crippen MR) is 473 cm³/mol. The highest BCUT2D eigenvalue weighted by molar-refractivity contribution is 6.73. The molecule has 19 nitrogen and oxygen atoms in total. The zero-order chi connectivity index (χ0) is 83.7. The van der Waals surface area contributed by atoms with Crippen molar-refractivity contribution >= 4 is 91.5 Å². The minimum absolute atomic E-state index is 0.00329. The third kappa shape index (κ3) is 24.7. The van der Waals surface area contributed by atoms with Gasteiger partial charge in [-0.1, -0.05) is 34.6 Å². The number of ether oxygens (including phenoxy) is 7. The van der Waals surface area contributed by atoms with Crippen molar-refractivity contribution in [1.82, 2.24) is 0 Å². The van der Waals surface area contributed by atoms with E-state index in [1.807, 2.05) is 13.8 Å². The van der Waals surface area contributed by atoms with Crippen LogP contribution in [0, 0.1) is 45.3 Å². The largest absolute Gasteiger partial charge is 0.415 e. The Labute approximate surface area is 683 Å². The molecule has 0 spiro atoms. The molecule has 30 heteroatoms. The Morgan fingerprint density at radius 1 is 0.382 bits per heavy atom. The molecule has 2 unspecified atom stereocenters. The van der Waals surface area contributed by atoms with Gasteiger partial charge in [0.2, 0.25) is 0 Å². The van der Waals surface area contributed by atoms with Crippen molar-refractivity contribution in [2.45, 2.75) is 444 Å². The van der Waals surface area contributed by atoms with Crippen molar-refractivity contribution in [3.05, 3.63) is 0 Å². The summed E-state index contributed by atoms with van der Waals surface area (Å²) in [7, 11) is -25.6. The standard InChI is InChI=1S/C80H168O19Si11/c1-75(2)60(92-103(18,19)20)43-45-77(5)59-48-54(91-102(15,16)17)62-53(80(8)47-44-61(90-80)76(3,4)81)42-46-78(62,6)79(59,7)49-55(71(75)77)85-73-68(66(96-107(30,31)32)63(93-104(21,22)23)57(87-73)51-83-100(9,10)11)89-72-69(98-109(36,37)38)65(95-106(27,28)29)56(50-82-72)86-74-70(99-110(39,40)41)67(97-108(33,34)35)64(94-105(24,25)26)58(88-74)52-84-101(12,13)14/h53-74,81H,42-52H2,1-41H3/t53-,54+,55-,56+,57+,58+,59+,60-,61-,62?,63+,64+,65-,66-,67-,68+,69+,70+,71?,72-,73+,74-,77+,78+,79+,80-/m0/s1. The molecule has 110 heavy (non-hydrogen) atoms. The summed E-state index contributed by atoms with van der Waals surface area (Å²) in [6.45, 7) is 94.4. The molecule has 26 atom stereocenters. The fourth-order valence-electron chi connectivity index (χ4n) is 20.8. The van der Waals surface area contributed by atoms with Crippen LogP contribution < -0.4 is 0 Å². The third-order valence-corrected chi connectivity index (χ3v) is 35.2. The molecule has 4 saturated heterocycles. The van der Waals surface area contributed by atoms with Gasteiger partial charge in [-0.25, -0.2) is 0 Å². The fraction of sp³-hybridized carbons (Fsp3) is 1.00. The lowest BCUT2D eigenvalue weighted by Gasteiger charge is -2.73. The third-order valence-electron chi connectivity index (χ3n) is 24.3. The summed E-state index contributed by atoms with van der Waals surface area (Å²) in [5, 5.41) is 11.6. The normalized spacial score (nSPS) is 40.4. The summed E-state index contributed by atoms with van der Waals surface area (Å²) in [5.41, 5.74) is -2.47. The van der Waals surface area contributed by atoms with Crippen LogP contribution in [0.15, 0.2) is 0 Å². The SMILES string of the molecule is CC(C)(O)[C@@H]1CC[C@@](C)([C@H]2CC[C@]3(C)C2[C@H](O[Si](C)(C)C)C[C@@H]2[C@@]4(C)CC[C@H](O[Si](C)(C)C)C(C)(C)C4[C@@H](O[C@@H]4O[C@H](CO[Si](C)(C)C)[C@@H](O[Si](C)(C)C)[C@H](O[Si](C)(C)C)[C@H]4O[C@@H]4OC[C@@H](O[C@H]5O[C@H](CO[Si](C)(C)C)[C@@H](O[Si](C)(C)C)[C@H](O[Si](C)(C)C)[C@H]5O[Si](C)(C)C)[C@H](O[Si](C)(C)C)[C@H]4O[Si](C)(C)C)C[C@]23C)O1. The Kier molecular flexibility index (Phi) is 29.7. The molecule has 0 bridgehead atoms. The van der Waals surface area contributed by atoms with E-state index in [0.717, 1.165) is 51.4 Å². The molecule has 4 saturated carbocycles. The molecule has 0 aromatic rings. The van der Waals surface area contributed by atoms with E-state index in [2.05, 4.69) is 258 Å². The Morgan fingerprint density at radius 2 is 0.782 bits per heavy atom. The maximum absolute atomic E-state index is 11.6. The number of aliphatic hydroxyl groups is 1. The monoisotopic (exact) mass is 1740 g/mol. The smallest absolute Gasteiger partial charge is 0.187 e. The van der Waals surface area contributed by atoms with Crippen LogP contribution in [0.1, 0.15) is 107 Å². The lowest BCUT2D eigenvalue weighted by Crippen LogP contribution is -2.72. The maximum Gasteiger partial charge on any atom is 0.187 e. The summed E-state index contributed by atoms with van der Waals surface area (Å²) in [4.78, 5) is 0. The quantitative estimate of drug-likeness (QED) is 0.0494. The van der Waals surface area contributed by atoms with Gasteiger partial charge in [-0.15, -0.1) is 0 Å². The van der Waals surface area contributed by atoms with Crippen LogP contribution in [-0.4, -0.2) is 238 Å². The summed E-state index contributed by atoms with van der Waals surface area (Å²) < 4.78 is 137. The summed E-state index contributed by atoms with van der Waals surface area (Å²) >= 11 is 0. The van der Waals surface area contributed by atoms with Gasteiger partial charge in [0, 0.05) is 6.10 Å². The fourth-order valence-corrected chi connectivity index (χ4v) is 32.2. The average molecular weight is 1740 g/mol. The van der Waals surface area contributed by atoms with Gasteiger partial charge in [0.05, 0.1) is 49.3 Å². The van der Waals surface area contributed by atoms with E-state index in [-0.39, 0.29) is 76.4 Å². The van der Waals surface area contributed by atoms with Gasteiger partial charge in [0.15, 0.2) is 110 Å². The molecule has 0 amide bonds. The van der Waals surface area contributed by atoms with E-state index >= 15 is 0 Å². The molecule has 8 rings (SSSR count). The van der Waals surface area contributed by atoms with Crippen molar-refractivity contribution < 1.29 is 87.0 Å². The lowest BCUT2D eigenvalue weighted by molar-refractivity contribution is -0.378. The van der Waals surface area contributed by atoms with E-state index in [1.165, 1.54) is 0 Å². The zero-order valence-corrected chi connectivity index (χ0v) is 88.8. The van der Waals surface area contributed by atoms with Gasteiger partial charge in [-0.3, -0.25) is 0 Å². The highest BCUT2D eigenvalue weighted by Gasteiger charge is 2.75. The first-order valence-corrected chi connectivity index (χ1v) is 80.3. The number of hydrogen-bond donors (Lipinski definition) is 1. The molecule has 4 aliphatic heterocycles. The van der Waals surface area contributed by atoms with E-state index < -0.39 is 189 Å². The molecule has 1 N–H and O–H groups in total. The molecule has 8 fully saturated rings. The Balaban J connectivity index is 1.33. The highest BCUT2D eigenvalue weighted by Crippen LogP contribution is 2.77. The molecule has 0 radical (unpaired) electrons. The minimum Gasteiger partial charge on any atom is -0.415 e. The lowest BCUT2D eigenvalue weighted by atomic mass is 9.34. The first kappa shape index (κ1) is 97.1. The second-order valence-electron chi connectivity index (χ2n) is 47.9. The van der Waals surface area contributed by atoms with Gasteiger partial charge >= 0.3 is 0 Å². The number of hydrogen-bond acceptors (Lipinski definition) is 19. The number of rotatable bonds is 32. The topological polar surface area (TPSA) is 186 Å². The van der Waals surface area contributed by atoms with Crippen molar-refractivity contribution in [3.63, 3.8) is 0 Å². The van der Waals surface area contributed by atoms with Gasteiger partial charge in [0.1, 0.15) is 67.1 Å². The van der Waals surface area contributed by atoms with Crippen LogP contribution in [0.5, 0.6) is 0 Å². The van der Waals surface area contributed by atoms with Crippen molar-refractivity contribution in [2.24, 2.45) is 45.3 Å². The summed E-state index contributed by atoms with van der Waals surface area (Å²) in [6, 6.07) is 0. The summed E-state index contributed by atoms with van der Waals surface area (Å²) in [5.74, 6) is 0.690. The van der Waals surface area contributed by atoms with E-state index in [0.29, 0.717) is 13.2 Å². The van der Waals surface area contributed by atoms with Crippen molar-refractivity contribution in [2.75, 3.05) is 19.8 Å². The second kappa shape index (κ2) is 33.7. The minimum atomic E-state index is -2.58. The first-order valence-electron chi connectivity index (χ1n) is 42.8. The van der Waals surface area contributed by atoms with E-state index in [9.17, 15) is 5.11 Å². The molecular weight excluding hydrogens is 1570 g/mol. The van der Waals surface area contributed by atoms with Gasteiger partial charge in [-0.2, -0.15) is 0 Å². The Hall–Kier alpha value is 1.63. The Morgan fingerprint density at radius 3 is 1.21 bits per heavy atom. The molecule has 0 aromatic heterocycles. The molecule has 4 heterocycles. The molecular formula is C80H168O19Si11. The van der Waals surface area contributed by atoms with Crippen LogP contribution in [0.4, 0.5) is 0 Å². The van der Waals surface area contributed by atoms with Crippen LogP contribution in [-0.2, 0) is 81.8 Å². The number of fused-ring (bicyclic) bond motifs is 5. The zero-order valence-electron chi connectivity index (χ0n) is 77.8. The van der Waals surface area contributed by atoms with Crippen LogP contribution in [0.25, 0.3) is 0 Å². The average Bonchev–Trinajstić information content (AvgIpc) is 1.29. The Bertz CT molecular complexity index is 3010. The molecule has 8 aliphatic rings. The van der Waals surface area contributed by atoms with Gasteiger partial charge in [0.25, 0.3) is 0 Å². The first-order chi connectivity index (χ1) is 49.1. The van der Waals surface area contributed by atoms with E-state index in [1.54, 1.807) is 0 Å². The van der Waals surface area contributed by atoms with Gasteiger partial charge in [-0.05, 0) is 334 Å². The molecule has 0 aromatic carbocycles. The summed E-state index contributed by atoms with van der Waals surface area (Å²) in [6.07, 6.45) is -3.50. The molecule has 4 aliphatic carbocycles. The molecule has 646 valence electrons. The van der Waals surface area contributed by atoms with Crippen molar-refractivity contribution in [3.8, 4) is 0 Å².